The highest BCUT2D eigenvalue weighted by atomic mass is 32.1. The molecule has 5 heteroatoms. The van der Waals surface area contributed by atoms with Crippen LogP contribution in [0.3, 0.4) is 0 Å². The first-order valence-corrected chi connectivity index (χ1v) is 8.16. The van der Waals surface area contributed by atoms with E-state index in [0.717, 1.165) is 22.2 Å². The second-order valence-corrected chi connectivity index (χ2v) is 6.08. The molecular formula is C17H17FN2OS. The summed E-state index contributed by atoms with van der Waals surface area (Å²) >= 11 is 1.59. The summed E-state index contributed by atoms with van der Waals surface area (Å²) in [5.74, 6) is -0.342. The third-order valence-electron chi connectivity index (χ3n) is 3.50. The Kier molecular flexibility index (Phi) is 4.24. The highest BCUT2D eigenvalue weighted by molar-refractivity contribution is 7.16. The van der Waals surface area contributed by atoms with Crippen LogP contribution in [0, 0.1) is 5.82 Å². The minimum Gasteiger partial charge on any atom is -0.351 e. The summed E-state index contributed by atoms with van der Waals surface area (Å²) in [7, 11) is 0. The Hall–Kier alpha value is -2.14. The zero-order valence-corrected chi connectivity index (χ0v) is 13.1. The second kappa shape index (κ2) is 6.32. The van der Waals surface area contributed by atoms with Gasteiger partial charge in [0.15, 0.2) is 0 Å². The summed E-state index contributed by atoms with van der Waals surface area (Å²) in [5.41, 5.74) is 1.47. The third kappa shape index (κ3) is 2.90. The monoisotopic (exact) mass is 316 g/mol. The van der Waals surface area contributed by atoms with E-state index in [0.29, 0.717) is 18.8 Å². The van der Waals surface area contributed by atoms with Crippen molar-refractivity contribution in [1.29, 1.82) is 0 Å². The molecule has 0 bridgehead atoms. The van der Waals surface area contributed by atoms with Crippen molar-refractivity contribution in [2.24, 2.45) is 0 Å². The number of aromatic nitrogens is 1. The molecule has 0 aliphatic heterocycles. The Morgan fingerprint density at radius 1 is 1.32 bits per heavy atom. The number of halogens is 1. The fraction of sp³-hybridized carbons (Fsp3) is 0.235. The van der Waals surface area contributed by atoms with E-state index in [-0.39, 0.29) is 11.7 Å². The summed E-state index contributed by atoms with van der Waals surface area (Å²) in [6.45, 7) is 3.15. The molecule has 114 valence electrons. The standard InChI is InChI=1S/C17H17FN2OS/c1-2-7-19-16(21)15-10-13-6-8-22-17(13)20(15)11-12-4-3-5-14(18)9-12/h3-6,8-10H,2,7,11H2,1H3,(H,19,21). The van der Waals surface area contributed by atoms with Crippen LogP contribution < -0.4 is 5.32 Å². The van der Waals surface area contributed by atoms with Gasteiger partial charge in [0.1, 0.15) is 16.3 Å². The molecule has 0 radical (unpaired) electrons. The number of hydrogen-bond acceptors (Lipinski definition) is 2. The van der Waals surface area contributed by atoms with Crippen molar-refractivity contribution in [3.63, 3.8) is 0 Å². The third-order valence-corrected chi connectivity index (χ3v) is 4.45. The largest absolute Gasteiger partial charge is 0.351 e. The number of hydrogen-bond donors (Lipinski definition) is 1. The van der Waals surface area contributed by atoms with Crippen molar-refractivity contribution >= 4 is 27.5 Å². The predicted octanol–water partition coefficient (Wildman–Crippen LogP) is 4.03. The quantitative estimate of drug-likeness (QED) is 0.757. The molecule has 3 rings (SSSR count). The second-order valence-electron chi connectivity index (χ2n) is 5.18. The van der Waals surface area contributed by atoms with Gasteiger partial charge in [-0.1, -0.05) is 19.1 Å². The Balaban J connectivity index is 1.98. The lowest BCUT2D eigenvalue weighted by atomic mass is 10.2. The van der Waals surface area contributed by atoms with Gasteiger partial charge >= 0.3 is 0 Å². The fourth-order valence-corrected chi connectivity index (χ4v) is 3.36. The number of nitrogens with zero attached hydrogens (tertiary/aromatic N) is 1. The molecule has 0 saturated heterocycles. The van der Waals surface area contributed by atoms with Crippen LogP contribution in [0.4, 0.5) is 4.39 Å². The molecule has 0 spiro atoms. The smallest absolute Gasteiger partial charge is 0.267 e. The first-order valence-electron chi connectivity index (χ1n) is 7.28. The van der Waals surface area contributed by atoms with Crippen molar-refractivity contribution in [3.8, 4) is 0 Å². The van der Waals surface area contributed by atoms with Crippen LogP contribution in [0.15, 0.2) is 41.8 Å². The number of carbonyl (C=O) groups is 1. The average Bonchev–Trinajstić information content (AvgIpc) is 3.07. The molecule has 0 atom stereocenters. The molecular weight excluding hydrogens is 299 g/mol. The summed E-state index contributed by atoms with van der Waals surface area (Å²) in [6, 6.07) is 10.4. The van der Waals surface area contributed by atoms with Crippen LogP contribution in [0.1, 0.15) is 29.4 Å². The lowest BCUT2D eigenvalue weighted by Gasteiger charge is -2.10. The van der Waals surface area contributed by atoms with Gasteiger partial charge in [-0.3, -0.25) is 4.79 Å². The van der Waals surface area contributed by atoms with Crippen molar-refractivity contribution in [1.82, 2.24) is 9.88 Å². The van der Waals surface area contributed by atoms with Gasteiger partial charge in [0.25, 0.3) is 5.91 Å². The first kappa shape index (κ1) is 14.8. The van der Waals surface area contributed by atoms with Gasteiger partial charge in [-0.15, -0.1) is 11.3 Å². The number of rotatable bonds is 5. The van der Waals surface area contributed by atoms with E-state index in [9.17, 15) is 9.18 Å². The highest BCUT2D eigenvalue weighted by Gasteiger charge is 2.16. The highest BCUT2D eigenvalue weighted by Crippen LogP contribution is 2.26. The van der Waals surface area contributed by atoms with Gasteiger partial charge in [0.2, 0.25) is 0 Å². The summed E-state index contributed by atoms with van der Waals surface area (Å²) < 4.78 is 15.3. The molecule has 1 N–H and O–H groups in total. The molecule has 22 heavy (non-hydrogen) atoms. The van der Waals surface area contributed by atoms with Gasteiger partial charge in [-0.2, -0.15) is 0 Å². The molecule has 0 aliphatic carbocycles. The van der Waals surface area contributed by atoms with E-state index in [1.165, 1.54) is 12.1 Å². The van der Waals surface area contributed by atoms with Gasteiger partial charge in [-0.05, 0) is 41.6 Å². The van der Waals surface area contributed by atoms with Gasteiger partial charge in [0, 0.05) is 18.5 Å². The molecule has 1 aromatic carbocycles. The van der Waals surface area contributed by atoms with Crippen LogP contribution in [-0.2, 0) is 6.54 Å². The van der Waals surface area contributed by atoms with Gasteiger partial charge in [0.05, 0.1) is 0 Å². The van der Waals surface area contributed by atoms with Gasteiger partial charge < -0.3 is 9.88 Å². The zero-order valence-electron chi connectivity index (χ0n) is 12.3. The Labute approximate surface area is 132 Å². The van der Waals surface area contributed by atoms with Crippen LogP contribution in [0.5, 0.6) is 0 Å². The minimum atomic E-state index is -0.260. The summed E-state index contributed by atoms with van der Waals surface area (Å²) in [6.07, 6.45) is 0.894. The molecule has 3 aromatic rings. The lowest BCUT2D eigenvalue weighted by Crippen LogP contribution is -2.26. The van der Waals surface area contributed by atoms with E-state index < -0.39 is 0 Å². The molecule has 0 unspecified atom stereocenters. The maximum absolute atomic E-state index is 13.4. The molecule has 2 aromatic heterocycles. The number of fused-ring (bicyclic) bond motifs is 1. The number of benzene rings is 1. The lowest BCUT2D eigenvalue weighted by molar-refractivity contribution is 0.0945. The van der Waals surface area contributed by atoms with E-state index >= 15 is 0 Å². The molecule has 2 heterocycles. The Morgan fingerprint density at radius 3 is 2.95 bits per heavy atom. The maximum Gasteiger partial charge on any atom is 0.267 e. The zero-order chi connectivity index (χ0) is 15.5. The van der Waals surface area contributed by atoms with E-state index in [4.69, 9.17) is 0 Å². The first-order chi connectivity index (χ1) is 10.7. The number of carbonyl (C=O) groups excluding carboxylic acids is 1. The van der Waals surface area contributed by atoms with Crippen LogP contribution >= 0.6 is 11.3 Å². The topological polar surface area (TPSA) is 34.0 Å². The van der Waals surface area contributed by atoms with Crippen LogP contribution in [0.25, 0.3) is 10.2 Å². The summed E-state index contributed by atoms with van der Waals surface area (Å²) in [5, 5.41) is 5.95. The Bertz CT molecular complexity index is 806. The number of thiophene rings is 1. The van der Waals surface area contributed by atoms with Crippen LogP contribution in [-0.4, -0.2) is 17.0 Å². The Morgan fingerprint density at radius 2 is 2.18 bits per heavy atom. The number of nitrogens with one attached hydrogen (secondary N) is 1. The van der Waals surface area contributed by atoms with E-state index in [2.05, 4.69) is 5.32 Å². The van der Waals surface area contributed by atoms with Crippen molar-refractivity contribution in [2.75, 3.05) is 6.54 Å². The minimum absolute atomic E-state index is 0.0818. The predicted molar refractivity (Wildman–Crippen MR) is 87.9 cm³/mol. The van der Waals surface area contributed by atoms with Crippen molar-refractivity contribution in [3.05, 3.63) is 58.9 Å². The molecule has 3 nitrogen and oxygen atoms in total. The van der Waals surface area contributed by atoms with E-state index in [1.807, 2.05) is 35.1 Å². The van der Waals surface area contributed by atoms with Crippen LogP contribution in [0.2, 0.25) is 0 Å². The fourth-order valence-electron chi connectivity index (χ4n) is 2.47. The molecule has 1 amide bonds. The summed E-state index contributed by atoms with van der Waals surface area (Å²) in [4.78, 5) is 13.4. The maximum atomic E-state index is 13.4. The van der Waals surface area contributed by atoms with E-state index in [1.54, 1.807) is 17.4 Å². The van der Waals surface area contributed by atoms with Crippen molar-refractivity contribution in [2.45, 2.75) is 19.9 Å². The van der Waals surface area contributed by atoms with Gasteiger partial charge in [-0.25, -0.2) is 4.39 Å². The number of amides is 1. The molecule has 0 aliphatic rings. The molecule has 0 fully saturated rings. The normalized spacial score (nSPS) is 11.0. The average molecular weight is 316 g/mol. The SMILES string of the molecule is CCCNC(=O)c1cc2ccsc2n1Cc1cccc(F)c1. The molecule has 0 saturated carbocycles. The van der Waals surface area contributed by atoms with Crippen molar-refractivity contribution < 1.29 is 9.18 Å².